The second kappa shape index (κ2) is 7.81. The summed E-state index contributed by atoms with van der Waals surface area (Å²) in [6, 6.07) is 14.4. The Bertz CT molecular complexity index is 772. The average Bonchev–Trinajstić information content (AvgIpc) is 3.44. The lowest BCUT2D eigenvalue weighted by atomic mass is 10.2. The Labute approximate surface area is 146 Å². The first-order valence-corrected chi connectivity index (χ1v) is 8.28. The van der Waals surface area contributed by atoms with Crippen LogP contribution in [0.5, 0.6) is 0 Å². The fourth-order valence-electron chi connectivity index (χ4n) is 2.40. The molecule has 1 saturated carbocycles. The van der Waals surface area contributed by atoms with E-state index < -0.39 is 0 Å². The SMILES string of the molecule is O=C(CNc1cccc(CO)c1)Nc1cccc(C(=O)NC2CC2)c1. The largest absolute Gasteiger partial charge is 0.392 e. The zero-order valence-corrected chi connectivity index (χ0v) is 13.8. The number of anilines is 2. The molecule has 3 rings (SSSR count). The van der Waals surface area contributed by atoms with Crippen molar-refractivity contribution >= 4 is 23.2 Å². The monoisotopic (exact) mass is 339 g/mol. The third-order valence-corrected chi connectivity index (χ3v) is 3.88. The summed E-state index contributed by atoms with van der Waals surface area (Å²) in [5.74, 6) is -0.327. The van der Waals surface area contributed by atoms with E-state index in [4.69, 9.17) is 5.11 Å². The molecule has 0 aliphatic heterocycles. The molecule has 1 aliphatic carbocycles. The van der Waals surface area contributed by atoms with Crippen LogP contribution < -0.4 is 16.0 Å². The lowest BCUT2D eigenvalue weighted by Gasteiger charge is -2.10. The molecule has 4 N–H and O–H groups in total. The van der Waals surface area contributed by atoms with E-state index in [9.17, 15) is 9.59 Å². The standard InChI is InChI=1S/C19H21N3O3/c23-12-13-3-1-5-16(9-13)20-11-18(24)21-17-6-2-4-14(10-17)19(25)22-15-7-8-15/h1-6,9-10,15,20,23H,7-8,11-12H2,(H,21,24)(H,22,25). The van der Waals surface area contributed by atoms with Crippen molar-refractivity contribution in [2.24, 2.45) is 0 Å². The molecule has 2 aromatic carbocycles. The Morgan fingerprint density at radius 2 is 1.80 bits per heavy atom. The number of aliphatic hydroxyl groups excluding tert-OH is 1. The summed E-state index contributed by atoms with van der Waals surface area (Å²) in [4.78, 5) is 24.1. The van der Waals surface area contributed by atoms with E-state index in [1.54, 1.807) is 30.3 Å². The van der Waals surface area contributed by atoms with Gasteiger partial charge in [0.2, 0.25) is 5.91 Å². The molecule has 0 unspecified atom stereocenters. The highest BCUT2D eigenvalue weighted by Gasteiger charge is 2.23. The van der Waals surface area contributed by atoms with Crippen molar-refractivity contribution in [2.45, 2.75) is 25.5 Å². The van der Waals surface area contributed by atoms with Crippen molar-refractivity contribution in [1.82, 2.24) is 5.32 Å². The van der Waals surface area contributed by atoms with E-state index in [-0.39, 0.29) is 25.0 Å². The van der Waals surface area contributed by atoms with Crippen LogP contribution >= 0.6 is 0 Å². The Morgan fingerprint density at radius 1 is 1.04 bits per heavy atom. The summed E-state index contributed by atoms with van der Waals surface area (Å²) in [6.07, 6.45) is 2.07. The summed E-state index contributed by atoms with van der Waals surface area (Å²) in [6.45, 7) is 0.0464. The number of carbonyl (C=O) groups excluding carboxylic acids is 2. The van der Waals surface area contributed by atoms with Gasteiger partial charge in [-0.2, -0.15) is 0 Å². The van der Waals surface area contributed by atoms with Crippen LogP contribution in [-0.2, 0) is 11.4 Å². The number of nitrogens with one attached hydrogen (secondary N) is 3. The number of hydrogen-bond donors (Lipinski definition) is 4. The number of amides is 2. The second-order valence-corrected chi connectivity index (χ2v) is 6.09. The van der Waals surface area contributed by atoms with Crippen LogP contribution in [0.2, 0.25) is 0 Å². The highest BCUT2D eigenvalue weighted by molar-refractivity contribution is 5.98. The Hall–Kier alpha value is -2.86. The molecule has 0 bridgehead atoms. The fourth-order valence-corrected chi connectivity index (χ4v) is 2.40. The smallest absolute Gasteiger partial charge is 0.251 e. The van der Waals surface area contributed by atoms with Gasteiger partial charge in [-0.15, -0.1) is 0 Å². The summed E-state index contributed by atoms with van der Waals surface area (Å²) < 4.78 is 0. The molecular weight excluding hydrogens is 318 g/mol. The number of aliphatic hydroxyl groups is 1. The van der Waals surface area contributed by atoms with Gasteiger partial charge in [-0.1, -0.05) is 18.2 Å². The summed E-state index contributed by atoms with van der Waals surface area (Å²) in [5, 5.41) is 17.8. The van der Waals surface area contributed by atoms with Crippen molar-refractivity contribution in [3.05, 3.63) is 59.7 Å². The normalized spacial score (nSPS) is 13.2. The van der Waals surface area contributed by atoms with Crippen molar-refractivity contribution in [3.63, 3.8) is 0 Å². The Balaban J connectivity index is 1.54. The van der Waals surface area contributed by atoms with Crippen LogP contribution in [0.25, 0.3) is 0 Å². The maximum atomic E-state index is 12.1. The molecule has 1 fully saturated rings. The van der Waals surface area contributed by atoms with Crippen LogP contribution in [0.15, 0.2) is 48.5 Å². The zero-order chi connectivity index (χ0) is 17.6. The van der Waals surface area contributed by atoms with Gasteiger partial charge < -0.3 is 21.1 Å². The van der Waals surface area contributed by atoms with E-state index in [1.165, 1.54) is 0 Å². The van der Waals surface area contributed by atoms with E-state index in [1.807, 2.05) is 18.2 Å². The molecule has 2 amide bonds. The topological polar surface area (TPSA) is 90.5 Å². The summed E-state index contributed by atoms with van der Waals surface area (Å²) >= 11 is 0. The van der Waals surface area contributed by atoms with E-state index in [2.05, 4.69) is 16.0 Å². The maximum absolute atomic E-state index is 12.1. The number of benzene rings is 2. The van der Waals surface area contributed by atoms with Crippen LogP contribution in [0, 0.1) is 0 Å². The first-order valence-electron chi connectivity index (χ1n) is 8.28. The van der Waals surface area contributed by atoms with Crippen molar-refractivity contribution in [1.29, 1.82) is 0 Å². The molecule has 0 spiro atoms. The molecule has 0 heterocycles. The number of hydrogen-bond acceptors (Lipinski definition) is 4. The van der Waals surface area contributed by atoms with Crippen molar-refractivity contribution in [2.75, 3.05) is 17.2 Å². The predicted octanol–water partition coefficient (Wildman–Crippen LogP) is 2.12. The van der Waals surface area contributed by atoms with Gasteiger partial charge in [-0.25, -0.2) is 0 Å². The minimum atomic E-state index is -0.214. The molecule has 2 aromatic rings. The predicted molar refractivity (Wildman–Crippen MR) is 96.4 cm³/mol. The van der Waals surface area contributed by atoms with Crippen LogP contribution in [0.3, 0.4) is 0 Å². The van der Waals surface area contributed by atoms with Crippen LogP contribution in [0.4, 0.5) is 11.4 Å². The highest BCUT2D eigenvalue weighted by Crippen LogP contribution is 2.20. The minimum Gasteiger partial charge on any atom is -0.392 e. The van der Waals surface area contributed by atoms with Gasteiger partial charge in [-0.3, -0.25) is 9.59 Å². The molecule has 25 heavy (non-hydrogen) atoms. The molecular formula is C19H21N3O3. The quantitative estimate of drug-likeness (QED) is 0.622. The number of carbonyl (C=O) groups is 2. The van der Waals surface area contributed by atoms with Crippen molar-refractivity contribution in [3.8, 4) is 0 Å². The highest BCUT2D eigenvalue weighted by atomic mass is 16.3. The molecule has 0 radical (unpaired) electrons. The van der Waals surface area contributed by atoms with Gasteiger partial charge in [0, 0.05) is 23.0 Å². The molecule has 0 aromatic heterocycles. The Morgan fingerprint density at radius 3 is 2.56 bits per heavy atom. The van der Waals surface area contributed by atoms with Gasteiger partial charge in [-0.05, 0) is 48.7 Å². The molecule has 6 nitrogen and oxygen atoms in total. The fraction of sp³-hybridized carbons (Fsp3) is 0.263. The van der Waals surface area contributed by atoms with E-state index >= 15 is 0 Å². The minimum absolute atomic E-state index is 0.0442. The molecule has 130 valence electrons. The lowest BCUT2D eigenvalue weighted by molar-refractivity contribution is -0.114. The molecule has 0 saturated heterocycles. The first kappa shape index (κ1) is 17.0. The van der Waals surface area contributed by atoms with Gasteiger partial charge in [0.25, 0.3) is 5.91 Å². The van der Waals surface area contributed by atoms with Gasteiger partial charge in [0.15, 0.2) is 0 Å². The third-order valence-electron chi connectivity index (χ3n) is 3.88. The lowest BCUT2D eigenvalue weighted by Crippen LogP contribution is -2.26. The van der Waals surface area contributed by atoms with Crippen molar-refractivity contribution < 1.29 is 14.7 Å². The Kier molecular flexibility index (Phi) is 5.30. The second-order valence-electron chi connectivity index (χ2n) is 6.09. The average molecular weight is 339 g/mol. The zero-order valence-electron chi connectivity index (χ0n) is 13.8. The van der Waals surface area contributed by atoms with E-state index in [0.717, 1.165) is 24.1 Å². The first-order chi connectivity index (χ1) is 12.1. The third kappa shape index (κ3) is 5.06. The van der Waals surface area contributed by atoms with Crippen LogP contribution in [-0.4, -0.2) is 29.5 Å². The van der Waals surface area contributed by atoms with Gasteiger partial charge >= 0.3 is 0 Å². The molecule has 1 aliphatic rings. The van der Waals surface area contributed by atoms with E-state index in [0.29, 0.717) is 17.3 Å². The summed E-state index contributed by atoms with van der Waals surface area (Å²) in [5.41, 5.74) is 2.66. The van der Waals surface area contributed by atoms with Gasteiger partial charge in [0.05, 0.1) is 13.2 Å². The summed E-state index contributed by atoms with van der Waals surface area (Å²) in [7, 11) is 0. The van der Waals surface area contributed by atoms with Gasteiger partial charge in [0.1, 0.15) is 0 Å². The maximum Gasteiger partial charge on any atom is 0.251 e. The molecule has 6 heteroatoms. The molecule has 0 atom stereocenters. The van der Waals surface area contributed by atoms with Crippen LogP contribution in [0.1, 0.15) is 28.8 Å². The number of rotatable bonds is 7.